The molecule has 0 saturated heterocycles. The van der Waals surface area contributed by atoms with Crippen LogP contribution in [0, 0.1) is 5.41 Å². The molecular weight excluding hydrogens is 196 g/mol. The van der Waals surface area contributed by atoms with E-state index in [-0.39, 0.29) is 11.2 Å². The maximum atomic E-state index is 10.9. The molecule has 2 nitrogen and oxygen atoms in total. The van der Waals surface area contributed by atoms with E-state index >= 15 is 0 Å². The topological polar surface area (TPSA) is 34.1 Å². The molecule has 12 heavy (non-hydrogen) atoms. The monoisotopic (exact) mass is 210 g/mol. The van der Waals surface area contributed by atoms with Gasteiger partial charge in [0.2, 0.25) is 9.05 Å². The van der Waals surface area contributed by atoms with Crippen LogP contribution in [0.15, 0.2) is 0 Å². The van der Waals surface area contributed by atoms with Gasteiger partial charge in [0.15, 0.2) is 0 Å². The SMILES string of the molecule is CCCC1(CS(=O)(=O)Cl)CCC1. The number of hydrogen-bond donors (Lipinski definition) is 0. The zero-order valence-corrected chi connectivity index (χ0v) is 8.92. The van der Waals surface area contributed by atoms with Crippen molar-refractivity contribution in [3.05, 3.63) is 0 Å². The maximum Gasteiger partial charge on any atom is 0.233 e. The molecule has 0 N–H and O–H groups in total. The van der Waals surface area contributed by atoms with E-state index in [1.807, 2.05) is 0 Å². The average Bonchev–Trinajstić information content (AvgIpc) is 1.80. The van der Waals surface area contributed by atoms with Crippen LogP contribution < -0.4 is 0 Å². The van der Waals surface area contributed by atoms with Crippen molar-refractivity contribution in [2.24, 2.45) is 5.41 Å². The lowest BCUT2D eigenvalue weighted by molar-refractivity contribution is 0.149. The van der Waals surface area contributed by atoms with Gasteiger partial charge in [-0.15, -0.1) is 0 Å². The first-order valence-electron chi connectivity index (χ1n) is 4.40. The van der Waals surface area contributed by atoms with Crippen LogP contribution in [0.2, 0.25) is 0 Å². The largest absolute Gasteiger partial charge is 0.233 e. The van der Waals surface area contributed by atoms with E-state index in [2.05, 4.69) is 6.92 Å². The smallest absolute Gasteiger partial charge is 0.212 e. The van der Waals surface area contributed by atoms with Gasteiger partial charge < -0.3 is 0 Å². The highest BCUT2D eigenvalue weighted by atomic mass is 35.7. The first kappa shape index (κ1) is 10.3. The van der Waals surface area contributed by atoms with Crippen molar-refractivity contribution in [2.45, 2.75) is 39.0 Å². The standard InChI is InChI=1S/C8H15ClO2S/c1-2-4-8(5-3-6-8)7-12(9,10)11/h2-7H2,1H3. The van der Waals surface area contributed by atoms with Gasteiger partial charge in [-0.1, -0.05) is 19.8 Å². The van der Waals surface area contributed by atoms with Gasteiger partial charge in [-0.3, -0.25) is 0 Å². The summed E-state index contributed by atoms with van der Waals surface area (Å²) in [5.74, 6) is 0.176. The van der Waals surface area contributed by atoms with Crippen LogP contribution in [0.1, 0.15) is 39.0 Å². The van der Waals surface area contributed by atoms with Gasteiger partial charge >= 0.3 is 0 Å². The molecule has 0 heterocycles. The van der Waals surface area contributed by atoms with Gasteiger partial charge in [-0.2, -0.15) is 0 Å². The summed E-state index contributed by atoms with van der Waals surface area (Å²) in [6.07, 6.45) is 5.28. The molecular formula is C8H15ClO2S. The lowest BCUT2D eigenvalue weighted by Crippen LogP contribution is -2.35. The second kappa shape index (κ2) is 3.54. The van der Waals surface area contributed by atoms with Gasteiger partial charge in [-0.25, -0.2) is 8.42 Å². The summed E-state index contributed by atoms with van der Waals surface area (Å²) < 4.78 is 21.8. The van der Waals surface area contributed by atoms with E-state index in [0.29, 0.717) is 0 Å². The predicted octanol–water partition coefficient (Wildman–Crippen LogP) is 2.53. The Morgan fingerprint density at radius 1 is 1.42 bits per heavy atom. The van der Waals surface area contributed by atoms with Gasteiger partial charge in [0.1, 0.15) is 0 Å². The van der Waals surface area contributed by atoms with Gasteiger partial charge in [0, 0.05) is 10.7 Å². The normalized spacial score (nSPS) is 21.8. The van der Waals surface area contributed by atoms with Crippen LogP contribution in [0.3, 0.4) is 0 Å². The van der Waals surface area contributed by atoms with Gasteiger partial charge in [-0.05, 0) is 24.7 Å². The van der Waals surface area contributed by atoms with Crippen molar-refractivity contribution >= 4 is 19.7 Å². The minimum Gasteiger partial charge on any atom is -0.212 e. The quantitative estimate of drug-likeness (QED) is 0.669. The molecule has 0 aromatic carbocycles. The highest BCUT2D eigenvalue weighted by Gasteiger charge is 2.39. The van der Waals surface area contributed by atoms with Crippen LogP contribution >= 0.6 is 10.7 Å². The Labute approximate surface area is 78.7 Å². The van der Waals surface area contributed by atoms with E-state index in [0.717, 1.165) is 32.1 Å². The maximum absolute atomic E-state index is 10.9. The van der Waals surface area contributed by atoms with E-state index in [4.69, 9.17) is 10.7 Å². The van der Waals surface area contributed by atoms with E-state index in [9.17, 15) is 8.42 Å². The van der Waals surface area contributed by atoms with Crippen LogP contribution in [0.25, 0.3) is 0 Å². The number of hydrogen-bond acceptors (Lipinski definition) is 2. The first-order valence-corrected chi connectivity index (χ1v) is 6.88. The zero-order valence-electron chi connectivity index (χ0n) is 7.35. The molecule has 1 aliphatic rings. The Kier molecular flexibility index (Phi) is 3.05. The Bertz CT molecular complexity index is 242. The summed E-state index contributed by atoms with van der Waals surface area (Å²) in [6, 6.07) is 0. The molecule has 4 heteroatoms. The lowest BCUT2D eigenvalue weighted by atomic mass is 9.68. The fourth-order valence-electron chi connectivity index (χ4n) is 2.04. The molecule has 1 saturated carbocycles. The fourth-order valence-corrected chi connectivity index (χ4v) is 3.90. The lowest BCUT2D eigenvalue weighted by Gasteiger charge is -2.40. The van der Waals surface area contributed by atoms with E-state index in [1.54, 1.807) is 0 Å². The third-order valence-electron chi connectivity index (χ3n) is 2.67. The van der Waals surface area contributed by atoms with Crippen LogP contribution in [0.4, 0.5) is 0 Å². The Balaban J connectivity index is 2.56. The van der Waals surface area contributed by atoms with Gasteiger partial charge in [0.25, 0.3) is 0 Å². The minimum absolute atomic E-state index is 0.0370. The van der Waals surface area contributed by atoms with Crippen molar-refractivity contribution < 1.29 is 8.42 Å². The van der Waals surface area contributed by atoms with Crippen LogP contribution in [-0.2, 0) is 9.05 Å². The van der Waals surface area contributed by atoms with Crippen LogP contribution in [0.5, 0.6) is 0 Å². The summed E-state index contributed by atoms with van der Waals surface area (Å²) in [6.45, 7) is 2.08. The Morgan fingerprint density at radius 2 is 2.00 bits per heavy atom. The van der Waals surface area contributed by atoms with Crippen molar-refractivity contribution in [3.63, 3.8) is 0 Å². The Hall–Kier alpha value is 0.240. The minimum atomic E-state index is -3.29. The molecule has 0 aromatic heterocycles. The molecule has 0 aliphatic heterocycles. The summed E-state index contributed by atoms with van der Waals surface area (Å²) >= 11 is 0. The highest BCUT2D eigenvalue weighted by Crippen LogP contribution is 2.46. The van der Waals surface area contributed by atoms with Crippen molar-refractivity contribution in [2.75, 3.05) is 5.75 Å². The van der Waals surface area contributed by atoms with Crippen LogP contribution in [-0.4, -0.2) is 14.2 Å². The van der Waals surface area contributed by atoms with Crippen molar-refractivity contribution in [1.82, 2.24) is 0 Å². The average molecular weight is 211 g/mol. The third-order valence-corrected chi connectivity index (χ3v) is 3.96. The Morgan fingerprint density at radius 3 is 2.25 bits per heavy atom. The zero-order chi connectivity index (χ0) is 9.24. The summed E-state index contributed by atoms with van der Waals surface area (Å²) in [5, 5.41) is 0. The molecule has 0 unspecified atom stereocenters. The summed E-state index contributed by atoms with van der Waals surface area (Å²) in [5.41, 5.74) is 0.0370. The molecule has 72 valence electrons. The summed E-state index contributed by atoms with van der Waals surface area (Å²) in [7, 11) is 1.95. The molecule has 1 rings (SSSR count). The molecule has 0 amide bonds. The highest BCUT2D eigenvalue weighted by molar-refractivity contribution is 8.13. The first-order chi connectivity index (χ1) is 5.47. The predicted molar refractivity (Wildman–Crippen MR) is 50.8 cm³/mol. The second-order valence-electron chi connectivity index (χ2n) is 3.79. The van der Waals surface area contributed by atoms with Crippen molar-refractivity contribution in [1.29, 1.82) is 0 Å². The molecule has 1 aliphatic carbocycles. The second-order valence-corrected chi connectivity index (χ2v) is 6.56. The third kappa shape index (κ3) is 2.63. The molecule has 0 spiro atoms. The van der Waals surface area contributed by atoms with Gasteiger partial charge in [0.05, 0.1) is 5.75 Å². The number of rotatable bonds is 4. The molecule has 1 fully saturated rings. The molecule has 0 radical (unpaired) electrons. The summed E-state index contributed by atoms with van der Waals surface area (Å²) in [4.78, 5) is 0. The molecule has 0 aromatic rings. The van der Waals surface area contributed by atoms with E-state index < -0.39 is 9.05 Å². The van der Waals surface area contributed by atoms with Crippen molar-refractivity contribution in [3.8, 4) is 0 Å². The molecule has 0 atom stereocenters. The molecule has 0 bridgehead atoms. The number of halogens is 1. The fraction of sp³-hybridized carbons (Fsp3) is 1.00. The van der Waals surface area contributed by atoms with E-state index in [1.165, 1.54) is 0 Å².